The van der Waals surface area contributed by atoms with Gasteiger partial charge in [-0.1, -0.05) is 0 Å². The third-order valence-electron chi connectivity index (χ3n) is 5.33. The molecule has 2 aliphatic heterocycles. The van der Waals surface area contributed by atoms with Crippen molar-refractivity contribution in [3.8, 4) is 0 Å². The zero-order valence-electron chi connectivity index (χ0n) is 16.6. The van der Waals surface area contributed by atoms with Gasteiger partial charge in [-0.05, 0) is 37.1 Å². The second kappa shape index (κ2) is 9.67. The molecular weight excluding hydrogens is 368 g/mol. The predicted molar refractivity (Wildman–Crippen MR) is 114 cm³/mol. The van der Waals surface area contributed by atoms with E-state index in [2.05, 4.69) is 42.5 Å². The van der Waals surface area contributed by atoms with Gasteiger partial charge in [0, 0.05) is 63.0 Å². The maximum Gasteiger partial charge on any atom is 0.258 e. The van der Waals surface area contributed by atoms with Crippen LogP contribution in [0.1, 0.15) is 23.2 Å². The third-order valence-corrected chi connectivity index (χ3v) is 5.33. The summed E-state index contributed by atoms with van der Waals surface area (Å²) in [7, 11) is 0. The van der Waals surface area contributed by atoms with Crippen molar-refractivity contribution >= 4 is 23.2 Å². The van der Waals surface area contributed by atoms with Crippen molar-refractivity contribution in [1.29, 1.82) is 0 Å². The van der Waals surface area contributed by atoms with Gasteiger partial charge in [0.05, 0.1) is 18.8 Å². The first-order valence-electron chi connectivity index (χ1n) is 10.3. The van der Waals surface area contributed by atoms with Crippen molar-refractivity contribution in [3.63, 3.8) is 0 Å². The number of ether oxygens (including phenoxy) is 1. The minimum Gasteiger partial charge on any atom is -0.379 e. The molecule has 29 heavy (non-hydrogen) atoms. The summed E-state index contributed by atoms with van der Waals surface area (Å²) < 4.78 is 5.34. The van der Waals surface area contributed by atoms with Gasteiger partial charge in [-0.25, -0.2) is 9.97 Å². The number of aromatic nitrogens is 2. The Morgan fingerprint density at radius 3 is 2.38 bits per heavy atom. The van der Waals surface area contributed by atoms with Crippen LogP contribution < -0.4 is 15.5 Å². The third kappa shape index (κ3) is 5.42. The van der Waals surface area contributed by atoms with Crippen LogP contribution in [-0.2, 0) is 4.74 Å². The van der Waals surface area contributed by atoms with Crippen molar-refractivity contribution in [3.05, 3.63) is 42.2 Å². The second-order valence-electron chi connectivity index (χ2n) is 7.37. The van der Waals surface area contributed by atoms with Gasteiger partial charge >= 0.3 is 0 Å². The molecule has 2 fully saturated rings. The molecule has 2 saturated heterocycles. The standard InChI is InChI=1S/C21H28N6O2/c28-20(25-18-3-5-19(6-4-18)27-8-1-2-9-27)17-15-23-21(24-16-17)22-7-10-26-11-13-29-14-12-26/h3-6,15-16H,1-2,7-14H2,(H,25,28)(H,22,23,24). The summed E-state index contributed by atoms with van der Waals surface area (Å²) in [4.78, 5) is 25.7. The van der Waals surface area contributed by atoms with E-state index in [0.717, 1.165) is 58.2 Å². The number of hydrogen-bond donors (Lipinski definition) is 2. The van der Waals surface area contributed by atoms with Crippen LogP contribution in [0, 0.1) is 0 Å². The monoisotopic (exact) mass is 396 g/mol. The predicted octanol–water partition coefficient (Wildman–Crippen LogP) is 2.07. The number of carbonyl (C=O) groups excluding carboxylic acids is 1. The zero-order chi connectivity index (χ0) is 19.9. The molecule has 0 bridgehead atoms. The summed E-state index contributed by atoms with van der Waals surface area (Å²) in [5, 5.41) is 6.10. The van der Waals surface area contributed by atoms with Crippen LogP contribution in [0.15, 0.2) is 36.7 Å². The molecule has 1 aromatic carbocycles. The van der Waals surface area contributed by atoms with Gasteiger partial charge in [0.25, 0.3) is 5.91 Å². The molecule has 0 spiro atoms. The summed E-state index contributed by atoms with van der Waals surface area (Å²) in [5.74, 6) is 0.323. The molecule has 154 valence electrons. The average molecular weight is 396 g/mol. The maximum absolute atomic E-state index is 12.4. The molecule has 0 radical (unpaired) electrons. The number of amides is 1. The largest absolute Gasteiger partial charge is 0.379 e. The van der Waals surface area contributed by atoms with Crippen LogP contribution in [0.5, 0.6) is 0 Å². The number of rotatable bonds is 7. The fourth-order valence-corrected chi connectivity index (χ4v) is 3.62. The van der Waals surface area contributed by atoms with Crippen molar-refractivity contribution in [2.75, 3.05) is 68.0 Å². The Bertz CT molecular complexity index is 784. The highest BCUT2D eigenvalue weighted by Gasteiger charge is 2.13. The highest BCUT2D eigenvalue weighted by atomic mass is 16.5. The normalized spacial score (nSPS) is 17.3. The summed E-state index contributed by atoms with van der Waals surface area (Å²) in [6, 6.07) is 7.99. The number of hydrogen-bond acceptors (Lipinski definition) is 7. The van der Waals surface area contributed by atoms with Crippen molar-refractivity contribution in [2.24, 2.45) is 0 Å². The van der Waals surface area contributed by atoms with Crippen molar-refractivity contribution in [1.82, 2.24) is 14.9 Å². The molecule has 0 aliphatic carbocycles. The van der Waals surface area contributed by atoms with E-state index >= 15 is 0 Å². The first-order chi connectivity index (χ1) is 14.3. The van der Waals surface area contributed by atoms with E-state index in [-0.39, 0.29) is 5.91 Å². The highest BCUT2D eigenvalue weighted by molar-refractivity contribution is 6.03. The first kappa shape index (κ1) is 19.6. The van der Waals surface area contributed by atoms with E-state index in [1.807, 2.05) is 12.1 Å². The van der Waals surface area contributed by atoms with Gasteiger partial charge in [-0.2, -0.15) is 0 Å². The summed E-state index contributed by atoms with van der Waals surface area (Å²) in [6.07, 6.45) is 5.60. The molecule has 0 saturated carbocycles. The van der Waals surface area contributed by atoms with Gasteiger partial charge < -0.3 is 20.3 Å². The zero-order valence-corrected chi connectivity index (χ0v) is 16.6. The van der Waals surface area contributed by atoms with Crippen LogP contribution in [0.25, 0.3) is 0 Å². The molecule has 0 unspecified atom stereocenters. The Labute approximate surface area is 171 Å². The van der Waals surface area contributed by atoms with Gasteiger partial charge in [0.1, 0.15) is 0 Å². The first-order valence-corrected chi connectivity index (χ1v) is 10.3. The summed E-state index contributed by atoms with van der Waals surface area (Å²) in [5.41, 5.74) is 2.41. The van der Waals surface area contributed by atoms with Crippen LogP contribution in [0.4, 0.5) is 17.3 Å². The quantitative estimate of drug-likeness (QED) is 0.741. The van der Waals surface area contributed by atoms with E-state index < -0.39 is 0 Å². The molecule has 8 nitrogen and oxygen atoms in total. The number of anilines is 3. The average Bonchev–Trinajstić information content (AvgIpc) is 3.30. The molecule has 1 amide bonds. The smallest absolute Gasteiger partial charge is 0.258 e. The lowest BCUT2D eigenvalue weighted by molar-refractivity contribution is 0.0398. The lowest BCUT2D eigenvalue weighted by Gasteiger charge is -2.26. The Kier molecular flexibility index (Phi) is 6.53. The van der Waals surface area contributed by atoms with E-state index in [0.29, 0.717) is 11.5 Å². The number of benzene rings is 1. The Morgan fingerprint density at radius 2 is 1.69 bits per heavy atom. The number of carbonyl (C=O) groups is 1. The minimum atomic E-state index is -0.209. The Hall–Kier alpha value is -2.71. The molecule has 2 aliphatic rings. The Balaban J connectivity index is 1.25. The van der Waals surface area contributed by atoms with Crippen LogP contribution in [0.3, 0.4) is 0 Å². The van der Waals surface area contributed by atoms with E-state index in [4.69, 9.17) is 4.74 Å². The van der Waals surface area contributed by atoms with Crippen LogP contribution in [-0.4, -0.2) is 73.3 Å². The molecule has 0 atom stereocenters. The molecule has 4 rings (SSSR count). The summed E-state index contributed by atoms with van der Waals surface area (Å²) >= 11 is 0. The molecule has 3 heterocycles. The molecule has 1 aromatic heterocycles. The minimum absolute atomic E-state index is 0.209. The van der Waals surface area contributed by atoms with E-state index in [1.165, 1.54) is 18.5 Å². The second-order valence-corrected chi connectivity index (χ2v) is 7.37. The van der Waals surface area contributed by atoms with E-state index in [1.54, 1.807) is 12.4 Å². The van der Waals surface area contributed by atoms with Crippen molar-refractivity contribution < 1.29 is 9.53 Å². The molecule has 2 N–H and O–H groups in total. The number of nitrogens with zero attached hydrogens (tertiary/aromatic N) is 4. The van der Waals surface area contributed by atoms with Gasteiger partial charge in [-0.15, -0.1) is 0 Å². The SMILES string of the molecule is O=C(Nc1ccc(N2CCCC2)cc1)c1cnc(NCCN2CCOCC2)nc1. The van der Waals surface area contributed by atoms with Gasteiger partial charge in [0.15, 0.2) is 0 Å². The lowest BCUT2D eigenvalue weighted by Crippen LogP contribution is -2.39. The van der Waals surface area contributed by atoms with Crippen LogP contribution in [0.2, 0.25) is 0 Å². The fourth-order valence-electron chi connectivity index (χ4n) is 3.62. The molecule has 2 aromatic rings. The Morgan fingerprint density at radius 1 is 1.00 bits per heavy atom. The fraction of sp³-hybridized carbons (Fsp3) is 0.476. The number of morpholine rings is 1. The summed E-state index contributed by atoms with van der Waals surface area (Å²) in [6.45, 7) is 7.40. The molecule has 8 heteroatoms. The van der Waals surface area contributed by atoms with Crippen LogP contribution >= 0.6 is 0 Å². The van der Waals surface area contributed by atoms with Crippen molar-refractivity contribution in [2.45, 2.75) is 12.8 Å². The number of nitrogens with one attached hydrogen (secondary N) is 2. The van der Waals surface area contributed by atoms with Gasteiger partial charge in [-0.3, -0.25) is 9.69 Å². The maximum atomic E-state index is 12.4. The van der Waals surface area contributed by atoms with Gasteiger partial charge in [0.2, 0.25) is 5.95 Å². The highest BCUT2D eigenvalue weighted by Crippen LogP contribution is 2.22. The van der Waals surface area contributed by atoms with E-state index in [9.17, 15) is 4.79 Å². The molecular formula is C21H28N6O2. The topological polar surface area (TPSA) is 82.6 Å². The lowest BCUT2D eigenvalue weighted by atomic mass is 10.2.